The second-order valence-electron chi connectivity index (χ2n) is 2.53. The van der Waals surface area contributed by atoms with Gasteiger partial charge in [-0.2, -0.15) is 0 Å². The Balaban J connectivity index is 2.21. The average Bonchev–Trinajstić information content (AvgIpc) is 2.38. The van der Waals surface area contributed by atoms with Crippen molar-refractivity contribution in [2.24, 2.45) is 5.73 Å². The minimum Gasteiger partial charge on any atom is -0.327 e. The summed E-state index contributed by atoms with van der Waals surface area (Å²) in [6, 6.07) is 0. The number of carbonyl (C=O) groups excluding carboxylic acids is 1. The van der Waals surface area contributed by atoms with Crippen LogP contribution in [0.25, 0.3) is 0 Å². The van der Waals surface area contributed by atoms with Crippen LogP contribution in [0.3, 0.4) is 0 Å². The van der Waals surface area contributed by atoms with Crippen molar-refractivity contribution >= 4 is 5.91 Å². The van der Waals surface area contributed by atoms with E-state index in [0.717, 1.165) is 19.3 Å². The first kappa shape index (κ1) is 6.55. The fourth-order valence-corrected chi connectivity index (χ4v) is 0.803. The van der Waals surface area contributed by atoms with Gasteiger partial charge in [-0.3, -0.25) is 4.79 Å². The van der Waals surface area contributed by atoms with Crippen LogP contribution in [0.5, 0.6) is 0 Å². The number of hydrogen-bond acceptors (Lipinski definition) is 2. The molecule has 0 aromatic heterocycles. The molecular weight excluding hydrogens is 116 g/mol. The van der Waals surface area contributed by atoms with E-state index < -0.39 is 5.66 Å². The quantitative estimate of drug-likeness (QED) is 0.524. The van der Waals surface area contributed by atoms with Crippen LogP contribution in [0.2, 0.25) is 0 Å². The van der Waals surface area contributed by atoms with Crippen molar-refractivity contribution < 1.29 is 4.79 Å². The minimum absolute atomic E-state index is 0.00375. The van der Waals surface area contributed by atoms with Crippen molar-refractivity contribution in [3.05, 3.63) is 0 Å². The third-order valence-electron chi connectivity index (χ3n) is 1.60. The topological polar surface area (TPSA) is 65.0 Å². The highest BCUT2D eigenvalue weighted by Gasteiger charge is 2.48. The zero-order valence-electron chi connectivity index (χ0n) is 5.61. The molecule has 1 saturated heterocycles. The van der Waals surface area contributed by atoms with E-state index in [1.165, 1.54) is 0 Å². The second kappa shape index (κ2) is 1.99. The molecule has 0 spiro atoms. The van der Waals surface area contributed by atoms with Crippen LogP contribution in [-0.4, -0.2) is 11.6 Å². The molecule has 9 heavy (non-hydrogen) atoms. The number of unbranched alkanes of at least 4 members (excludes halogenated alkanes) is 1. The number of rotatable bonds is 3. The third kappa shape index (κ3) is 1.21. The molecule has 1 atom stereocenters. The lowest BCUT2D eigenvalue weighted by Crippen LogP contribution is -2.28. The summed E-state index contributed by atoms with van der Waals surface area (Å²) in [6.45, 7) is 2.08. The molecule has 0 saturated carbocycles. The first-order valence-electron chi connectivity index (χ1n) is 3.30. The number of nitrogens with two attached hydrogens (primary N) is 1. The monoisotopic (exact) mass is 128 g/mol. The van der Waals surface area contributed by atoms with Gasteiger partial charge in [-0.25, -0.2) is 0 Å². The van der Waals surface area contributed by atoms with Gasteiger partial charge in [-0.15, -0.1) is 0 Å². The van der Waals surface area contributed by atoms with Gasteiger partial charge in [0.15, 0.2) is 5.66 Å². The molecule has 52 valence electrons. The predicted octanol–water partition coefficient (Wildman–Crippen LogP) is -0.0386. The summed E-state index contributed by atoms with van der Waals surface area (Å²) in [6.07, 6.45) is 2.89. The van der Waals surface area contributed by atoms with E-state index in [-0.39, 0.29) is 5.91 Å². The number of hydrogen-bond donors (Lipinski definition) is 2. The molecule has 0 aliphatic carbocycles. The first-order valence-corrected chi connectivity index (χ1v) is 3.30. The second-order valence-corrected chi connectivity index (χ2v) is 2.53. The van der Waals surface area contributed by atoms with E-state index in [1.807, 2.05) is 0 Å². The molecule has 1 heterocycles. The van der Waals surface area contributed by atoms with E-state index in [9.17, 15) is 4.79 Å². The van der Waals surface area contributed by atoms with Crippen LogP contribution < -0.4 is 11.1 Å². The Hall–Kier alpha value is -0.570. The van der Waals surface area contributed by atoms with Crippen molar-refractivity contribution in [1.29, 1.82) is 0 Å². The first-order chi connectivity index (χ1) is 4.19. The SMILES string of the molecule is CCCC[C@]1(N)NC1=O. The summed E-state index contributed by atoms with van der Waals surface area (Å²) in [5.74, 6) is -0.00375. The molecule has 0 radical (unpaired) electrons. The van der Waals surface area contributed by atoms with E-state index in [0.29, 0.717) is 0 Å². The highest BCUT2D eigenvalue weighted by Crippen LogP contribution is 2.18. The summed E-state index contributed by atoms with van der Waals surface area (Å²) >= 11 is 0. The Bertz CT molecular complexity index is 135. The maximum absolute atomic E-state index is 10.5. The van der Waals surface area contributed by atoms with Crippen LogP contribution in [0.15, 0.2) is 0 Å². The Kier molecular flexibility index (Phi) is 1.45. The molecular formula is C6H12N2O. The molecule has 1 amide bonds. The van der Waals surface area contributed by atoms with Gasteiger partial charge in [0.2, 0.25) is 0 Å². The van der Waals surface area contributed by atoms with Crippen LogP contribution in [0.1, 0.15) is 26.2 Å². The Labute approximate surface area is 54.6 Å². The van der Waals surface area contributed by atoms with E-state index in [1.54, 1.807) is 0 Å². The third-order valence-corrected chi connectivity index (χ3v) is 1.60. The zero-order valence-corrected chi connectivity index (χ0v) is 5.61. The van der Waals surface area contributed by atoms with Gasteiger partial charge in [0.05, 0.1) is 0 Å². The molecule has 1 rings (SSSR count). The Morgan fingerprint density at radius 2 is 2.33 bits per heavy atom. The van der Waals surface area contributed by atoms with Crippen molar-refractivity contribution in [2.75, 3.05) is 0 Å². The van der Waals surface area contributed by atoms with Crippen molar-refractivity contribution in [2.45, 2.75) is 31.8 Å². The Morgan fingerprint density at radius 3 is 2.67 bits per heavy atom. The summed E-state index contributed by atoms with van der Waals surface area (Å²) < 4.78 is 0. The lowest BCUT2D eigenvalue weighted by molar-refractivity contribution is -0.112. The van der Waals surface area contributed by atoms with E-state index in [4.69, 9.17) is 5.73 Å². The van der Waals surface area contributed by atoms with Gasteiger partial charge >= 0.3 is 0 Å². The number of carbonyl (C=O) groups is 1. The molecule has 0 unspecified atom stereocenters. The molecule has 3 N–H and O–H groups in total. The summed E-state index contributed by atoms with van der Waals surface area (Å²) in [5.41, 5.74) is 4.89. The Morgan fingerprint density at radius 1 is 1.78 bits per heavy atom. The van der Waals surface area contributed by atoms with Crippen LogP contribution >= 0.6 is 0 Å². The van der Waals surface area contributed by atoms with Gasteiger partial charge in [-0.05, 0) is 12.8 Å². The predicted molar refractivity (Wildman–Crippen MR) is 34.6 cm³/mol. The molecule has 1 fully saturated rings. The molecule has 3 heteroatoms. The van der Waals surface area contributed by atoms with E-state index >= 15 is 0 Å². The molecule has 3 nitrogen and oxygen atoms in total. The maximum atomic E-state index is 10.5. The van der Waals surface area contributed by atoms with Crippen LogP contribution in [-0.2, 0) is 4.79 Å². The zero-order chi connectivity index (χ0) is 6.91. The summed E-state index contributed by atoms with van der Waals surface area (Å²) in [4.78, 5) is 10.5. The minimum atomic E-state index is -0.629. The lowest BCUT2D eigenvalue weighted by atomic mass is 10.1. The number of amides is 1. The van der Waals surface area contributed by atoms with Crippen LogP contribution in [0, 0.1) is 0 Å². The molecule has 0 bridgehead atoms. The van der Waals surface area contributed by atoms with E-state index in [2.05, 4.69) is 12.2 Å². The smallest absolute Gasteiger partial charge is 0.262 e. The standard InChI is InChI=1S/C6H12N2O/c1-2-3-4-6(7)5(9)8-6/h2-4,7H2,1H3,(H,8,9)/t6-/m0/s1. The van der Waals surface area contributed by atoms with Gasteiger partial charge in [0, 0.05) is 0 Å². The summed E-state index contributed by atoms with van der Waals surface area (Å²) in [5, 5.41) is 2.58. The summed E-state index contributed by atoms with van der Waals surface area (Å²) in [7, 11) is 0. The van der Waals surface area contributed by atoms with Crippen molar-refractivity contribution in [3.8, 4) is 0 Å². The highest BCUT2D eigenvalue weighted by molar-refractivity contribution is 6.01. The number of nitrogens with one attached hydrogen (secondary N) is 1. The molecule has 0 aromatic rings. The highest BCUT2D eigenvalue weighted by atomic mass is 16.2. The fraction of sp³-hybridized carbons (Fsp3) is 0.833. The van der Waals surface area contributed by atoms with Gasteiger partial charge < -0.3 is 11.1 Å². The largest absolute Gasteiger partial charge is 0.327 e. The van der Waals surface area contributed by atoms with Crippen molar-refractivity contribution in [1.82, 2.24) is 5.32 Å². The lowest BCUT2D eigenvalue weighted by Gasteiger charge is -1.99. The normalized spacial score (nSPS) is 32.0. The van der Waals surface area contributed by atoms with Gasteiger partial charge in [0.1, 0.15) is 0 Å². The molecule has 0 aromatic carbocycles. The molecule has 1 aliphatic rings. The van der Waals surface area contributed by atoms with Crippen LogP contribution in [0.4, 0.5) is 0 Å². The van der Waals surface area contributed by atoms with Gasteiger partial charge in [-0.1, -0.05) is 13.3 Å². The average molecular weight is 128 g/mol. The van der Waals surface area contributed by atoms with Gasteiger partial charge in [0.25, 0.3) is 5.91 Å². The van der Waals surface area contributed by atoms with Crippen molar-refractivity contribution in [3.63, 3.8) is 0 Å². The molecule has 1 aliphatic heterocycles. The maximum Gasteiger partial charge on any atom is 0.262 e. The fourth-order valence-electron chi connectivity index (χ4n) is 0.803.